The van der Waals surface area contributed by atoms with Gasteiger partial charge < -0.3 is 4.42 Å². The van der Waals surface area contributed by atoms with E-state index in [1.165, 1.54) is 110 Å². The fourth-order valence-corrected chi connectivity index (χ4v) is 10.3. The summed E-state index contributed by atoms with van der Waals surface area (Å²) in [4.78, 5) is 0. The van der Waals surface area contributed by atoms with Crippen molar-refractivity contribution < 1.29 is 4.42 Å². The van der Waals surface area contributed by atoms with E-state index in [0.717, 1.165) is 22.1 Å². The molecule has 0 atom stereocenters. The summed E-state index contributed by atoms with van der Waals surface area (Å²) in [6.45, 7) is 0. The average molecular weight is 747 g/mol. The smallest absolute Gasteiger partial charge is 0.136 e. The first-order valence-electron chi connectivity index (χ1n) is 20.4. The van der Waals surface area contributed by atoms with Crippen LogP contribution in [0.3, 0.4) is 0 Å². The highest BCUT2D eigenvalue weighted by Gasteiger charge is 2.23. The minimum Gasteiger partial charge on any atom is -0.456 e. The zero-order valence-electron chi connectivity index (χ0n) is 32.0. The van der Waals surface area contributed by atoms with Crippen molar-refractivity contribution in [3.8, 4) is 66.8 Å². The monoisotopic (exact) mass is 746 g/mol. The Balaban J connectivity index is 0.950. The van der Waals surface area contributed by atoms with Crippen molar-refractivity contribution in [3.63, 3.8) is 0 Å². The van der Waals surface area contributed by atoms with E-state index in [0.29, 0.717) is 0 Å². The van der Waals surface area contributed by atoms with Gasteiger partial charge in [0.25, 0.3) is 0 Å². The lowest BCUT2D eigenvalue weighted by atomic mass is 9.85. The van der Waals surface area contributed by atoms with Crippen LogP contribution in [0.5, 0.6) is 0 Å². The summed E-state index contributed by atoms with van der Waals surface area (Å²) >= 11 is 0. The Morgan fingerprint density at radius 1 is 0.237 bits per heavy atom. The van der Waals surface area contributed by atoms with E-state index in [-0.39, 0.29) is 0 Å². The lowest BCUT2D eigenvalue weighted by Gasteiger charge is -2.18. The highest BCUT2D eigenvalue weighted by molar-refractivity contribution is 6.24. The van der Waals surface area contributed by atoms with Crippen LogP contribution < -0.4 is 0 Å². The van der Waals surface area contributed by atoms with Gasteiger partial charge in [-0.3, -0.25) is 0 Å². The fourth-order valence-electron chi connectivity index (χ4n) is 10.3. The van der Waals surface area contributed by atoms with Crippen LogP contribution in [0, 0.1) is 0 Å². The predicted molar refractivity (Wildman–Crippen MR) is 250 cm³/mol. The molecule has 1 aliphatic rings. The molecule has 0 fully saturated rings. The highest BCUT2D eigenvalue weighted by atomic mass is 16.3. The maximum Gasteiger partial charge on any atom is 0.136 e. The number of furan rings is 1. The molecule has 0 bridgehead atoms. The second-order valence-electron chi connectivity index (χ2n) is 15.9. The summed E-state index contributed by atoms with van der Waals surface area (Å²) in [5.41, 5.74) is 16.9. The molecule has 13 rings (SSSR count). The number of hydrogen-bond acceptors (Lipinski definition) is 1. The first-order valence-corrected chi connectivity index (χ1v) is 20.4. The number of fused-ring (bicyclic) bond motifs is 10. The van der Waals surface area contributed by atoms with Crippen LogP contribution in [0.2, 0.25) is 0 Å². The van der Waals surface area contributed by atoms with Gasteiger partial charge in [-0.2, -0.15) is 0 Å². The van der Waals surface area contributed by atoms with Gasteiger partial charge in [0, 0.05) is 10.8 Å². The lowest BCUT2D eigenvalue weighted by molar-refractivity contribution is 0.669. The van der Waals surface area contributed by atoms with E-state index in [1.807, 2.05) is 0 Å². The second kappa shape index (κ2) is 12.4. The largest absolute Gasteiger partial charge is 0.456 e. The molecule has 12 aromatic rings. The molecule has 11 aromatic carbocycles. The molecule has 0 amide bonds. The van der Waals surface area contributed by atoms with Crippen molar-refractivity contribution in [2.45, 2.75) is 0 Å². The molecule has 0 saturated heterocycles. The van der Waals surface area contributed by atoms with Gasteiger partial charge in [0.2, 0.25) is 0 Å². The van der Waals surface area contributed by atoms with Gasteiger partial charge >= 0.3 is 0 Å². The Kier molecular flexibility index (Phi) is 6.79. The summed E-state index contributed by atoms with van der Waals surface area (Å²) in [6.07, 6.45) is 0. The molecule has 59 heavy (non-hydrogen) atoms. The Labute approximate surface area is 341 Å². The van der Waals surface area contributed by atoms with Crippen molar-refractivity contribution in [1.82, 2.24) is 0 Å². The van der Waals surface area contributed by atoms with Crippen LogP contribution in [0.25, 0.3) is 132 Å². The van der Waals surface area contributed by atoms with Crippen LogP contribution in [0.1, 0.15) is 0 Å². The van der Waals surface area contributed by atoms with Gasteiger partial charge in [-0.25, -0.2) is 0 Å². The van der Waals surface area contributed by atoms with Crippen molar-refractivity contribution in [1.29, 1.82) is 0 Å². The maximum absolute atomic E-state index is 6.57. The minimum absolute atomic E-state index is 0.907. The third-order valence-electron chi connectivity index (χ3n) is 12.8. The van der Waals surface area contributed by atoms with Gasteiger partial charge in [-0.1, -0.05) is 188 Å². The van der Waals surface area contributed by atoms with Gasteiger partial charge in [0.05, 0.1) is 0 Å². The molecule has 272 valence electrons. The van der Waals surface area contributed by atoms with Crippen molar-refractivity contribution >= 4 is 65.0 Å². The van der Waals surface area contributed by atoms with Crippen molar-refractivity contribution in [2.24, 2.45) is 0 Å². The quantitative estimate of drug-likeness (QED) is 0.164. The van der Waals surface area contributed by atoms with Crippen molar-refractivity contribution in [2.75, 3.05) is 0 Å². The molecule has 1 nitrogen and oxygen atoms in total. The van der Waals surface area contributed by atoms with E-state index in [1.54, 1.807) is 0 Å². The average Bonchev–Trinajstić information content (AvgIpc) is 3.85. The Hall–Kier alpha value is -7.74. The summed E-state index contributed by atoms with van der Waals surface area (Å²) < 4.78 is 6.57. The zero-order chi connectivity index (χ0) is 38.6. The molecule has 0 N–H and O–H groups in total. The third-order valence-corrected chi connectivity index (χ3v) is 12.8. The Morgan fingerprint density at radius 2 is 0.729 bits per heavy atom. The second-order valence-corrected chi connectivity index (χ2v) is 15.9. The first kappa shape index (κ1) is 32.4. The normalized spacial score (nSPS) is 12.1. The van der Waals surface area contributed by atoms with Gasteiger partial charge in [-0.05, 0) is 128 Å². The summed E-state index contributed by atoms with van der Waals surface area (Å²) in [7, 11) is 0. The first-order chi connectivity index (χ1) is 29.3. The van der Waals surface area contributed by atoms with Gasteiger partial charge in [0.15, 0.2) is 0 Å². The molecule has 0 unspecified atom stereocenters. The van der Waals surface area contributed by atoms with Crippen LogP contribution in [0.4, 0.5) is 0 Å². The standard InChI is InChI=1S/C58H34O/c1-2-14-40-35(12-1)29-33-53-58(40)52-30-28-38(34-54(52)59-53)56-49-20-9-7-18-47(49)55(48-19-8-10-21-50(48)56)37-26-24-36(25-27-37)39-13-3-4-15-41(39)44-31-32-51-43-17-6-5-16-42(43)45-22-11-23-46(44)57(45)51/h1-34H. The molecule has 0 radical (unpaired) electrons. The SMILES string of the molecule is c1ccc(-c2ccc3c4c(cccc24)-c2ccccc2-3)c(-c2ccc(-c3c4ccccc4c(-c4ccc5c(c4)oc4ccc6ccccc6c45)c4ccccc34)cc2)c1. The predicted octanol–water partition coefficient (Wildman–Crippen LogP) is 16.5. The maximum atomic E-state index is 6.57. The van der Waals surface area contributed by atoms with Crippen LogP contribution in [-0.2, 0) is 0 Å². The fraction of sp³-hybridized carbons (Fsp3) is 0. The number of rotatable bonds is 4. The van der Waals surface area contributed by atoms with E-state index in [9.17, 15) is 0 Å². The molecule has 1 heteroatoms. The topological polar surface area (TPSA) is 13.1 Å². The van der Waals surface area contributed by atoms with Gasteiger partial charge in [0.1, 0.15) is 11.2 Å². The summed E-state index contributed by atoms with van der Waals surface area (Å²) in [5.74, 6) is 0. The Bertz CT molecular complexity index is 3630. The molecular formula is C58H34O. The molecule has 1 aliphatic carbocycles. The van der Waals surface area contributed by atoms with Crippen molar-refractivity contribution in [3.05, 3.63) is 206 Å². The minimum atomic E-state index is 0.907. The number of benzene rings is 11. The van der Waals surface area contributed by atoms with Gasteiger partial charge in [-0.15, -0.1) is 0 Å². The van der Waals surface area contributed by atoms with E-state index >= 15 is 0 Å². The Morgan fingerprint density at radius 3 is 1.42 bits per heavy atom. The molecule has 1 heterocycles. The van der Waals surface area contributed by atoms with E-state index in [2.05, 4.69) is 206 Å². The lowest BCUT2D eigenvalue weighted by Crippen LogP contribution is -1.91. The van der Waals surface area contributed by atoms with Crippen LogP contribution >= 0.6 is 0 Å². The molecule has 0 saturated carbocycles. The van der Waals surface area contributed by atoms with Crippen LogP contribution in [0.15, 0.2) is 211 Å². The highest BCUT2D eigenvalue weighted by Crippen LogP contribution is 2.51. The van der Waals surface area contributed by atoms with E-state index < -0.39 is 0 Å². The molecule has 1 aromatic heterocycles. The number of hydrogen-bond donors (Lipinski definition) is 0. The van der Waals surface area contributed by atoms with E-state index in [4.69, 9.17) is 4.42 Å². The molecule has 0 spiro atoms. The summed E-state index contributed by atoms with van der Waals surface area (Å²) in [5, 5.41) is 12.3. The van der Waals surface area contributed by atoms with Crippen LogP contribution in [-0.4, -0.2) is 0 Å². The zero-order valence-corrected chi connectivity index (χ0v) is 32.0. The third kappa shape index (κ3) is 4.67. The molecular weight excluding hydrogens is 713 g/mol. The molecule has 0 aliphatic heterocycles. The summed E-state index contributed by atoms with van der Waals surface area (Å²) in [6, 6.07) is 75.7.